The summed E-state index contributed by atoms with van der Waals surface area (Å²) in [6, 6.07) is 4.32. The van der Waals surface area contributed by atoms with E-state index in [1.165, 1.54) is 6.07 Å². The summed E-state index contributed by atoms with van der Waals surface area (Å²) in [6.45, 7) is 5.38. The third kappa shape index (κ3) is 4.66. The van der Waals surface area contributed by atoms with Crippen LogP contribution >= 0.6 is 22.6 Å². The molecule has 6 nitrogen and oxygen atoms in total. The molecule has 0 aliphatic rings. The number of hydrogen-bond donors (Lipinski definition) is 2. The van der Waals surface area contributed by atoms with Crippen molar-refractivity contribution in [2.45, 2.75) is 32.9 Å². The predicted octanol–water partition coefficient (Wildman–Crippen LogP) is 2.52. The average Bonchev–Trinajstić information content (AvgIpc) is 2.30. The fourth-order valence-corrected chi connectivity index (χ4v) is 1.96. The molecular formula is C12H16IN3O3. The molecule has 7 heteroatoms. The lowest BCUT2D eigenvalue weighted by Gasteiger charge is -2.17. The Morgan fingerprint density at radius 2 is 2.00 bits per heavy atom. The van der Waals surface area contributed by atoms with E-state index >= 15 is 0 Å². The Bertz CT molecular complexity index is 491. The third-order valence-electron chi connectivity index (χ3n) is 2.35. The normalized spacial score (nSPS) is 12.1. The van der Waals surface area contributed by atoms with Crippen LogP contribution < -0.4 is 10.6 Å². The van der Waals surface area contributed by atoms with Gasteiger partial charge in [0.15, 0.2) is 0 Å². The number of anilines is 1. The van der Waals surface area contributed by atoms with E-state index in [9.17, 15) is 14.9 Å². The lowest BCUT2D eigenvalue weighted by atomic mass is 10.2. The van der Waals surface area contributed by atoms with Gasteiger partial charge in [-0.15, -0.1) is 0 Å². The molecule has 1 aromatic rings. The molecule has 1 atom stereocenters. The van der Waals surface area contributed by atoms with Gasteiger partial charge in [-0.1, -0.05) is 0 Å². The SMILES string of the molecule is CC(C)NC(=O)C(C)Nc1ccc(I)cc1[N+](=O)[O-]. The Morgan fingerprint density at radius 1 is 1.37 bits per heavy atom. The van der Waals surface area contributed by atoms with E-state index in [4.69, 9.17) is 0 Å². The van der Waals surface area contributed by atoms with Crippen LogP contribution in [0.2, 0.25) is 0 Å². The number of carbonyl (C=O) groups excluding carboxylic acids is 1. The molecule has 0 fully saturated rings. The van der Waals surface area contributed by atoms with E-state index in [1.54, 1.807) is 19.1 Å². The van der Waals surface area contributed by atoms with E-state index in [0.717, 1.165) is 3.57 Å². The summed E-state index contributed by atoms with van der Waals surface area (Å²) in [5.74, 6) is -0.192. The largest absolute Gasteiger partial charge is 0.368 e. The van der Waals surface area contributed by atoms with Crippen molar-refractivity contribution in [1.82, 2.24) is 5.32 Å². The minimum Gasteiger partial charge on any atom is -0.368 e. The molecule has 1 rings (SSSR count). The molecule has 0 saturated heterocycles. The first-order chi connectivity index (χ1) is 8.81. The molecule has 0 radical (unpaired) electrons. The van der Waals surface area contributed by atoms with Gasteiger partial charge in [-0.2, -0.15) is 0 Å². The number of nitro benzene ring substituents is 1. The Kier molecular flexibility index (Phi) is 5.52. The number of benzene rings is 1. The molecule has 1 amide bonds. The molecule has 1 unspecified atom stereocenters. The van der Waals surface area contributed by atoms with E-state index in [0.29, 0.717) is 5.69 Å². The molecule has 0 aromatic heterocycles. The minimum atomic E-state index is -0.541. The highest BCUT2D eigenvalue weighted by Gasteiger charge is 2.19. The van der Waals surface area contributed by atoms with E-state index < -0.39 is 11.0 Å². The van der Waals surface area contributed by atoms with Crippen molar-refractivity contribution in [3.8, 4) is 0 Å². The van der Waals surface area contributed by atoms with Crippen LogP contribution in [0.25, 0.3) is 0 Å². The number of rotatable bonds is 5. The maximum absolute atomic E-state index is 11.8. The number of amides is 1. The highest BCUT2D eigenvalue weighted by atomic mass is 127. The number of hydrogen-bond acceptors (Lipinski definition) is 4. The highest BCUT2D eigenvalue weighted by Crippen LogP contribution is 2.26. The van der Waals surface area contributed by atoms with Gasteiger partial charge in [0.05, 0.1) is 4.92 Å². The lowest BCUT2D eigenvalue weighted by molar-refractivity contribution is -0.384. The third-order valence-corrected chi connectivity index (χ3v) is 3.02. The molecule has 0 saturated carbocycles. The van der Waals surface area contributed by atoms with Crippen molar-refractivity contribution in [2.24, 2.45) is 0 Å². The first-order valence-corrected chi connectivity index (χ1v) is 6.90. The van der Waals surface area contributed by atoms with Crippen LogP contribution in [0, 0.1) is 13.7 Å². The van der Waals surface area contributed by atoms with Crippen LogP contribution in [-0.4, -0.2) is 22.9 Å². The Hall–Kier alpha value is -1.38. The van der Waals surface area contributed by atoms with Crippen molar-refractivity contribution < 1.29 is 9.72 Å². The van der Waals surface area contributed by atoms with Gasteiger partial charge in [0, 0.05) is 15.7 Å². The second-order valence-corrected chi connectivity index (χ2v) is 5.69. The summed E-state index contributed by atoms with van der Waals surface area (Å²) in [7, 11) is 0. The van der Waals surface area contributed by atoms with Gasteiger partial charge in [0.1, 0.15) is 11.7 Å². The van der Waals surface area contributed by atoms with Gasteiger partial charge in [-0.25, -0.2) is 0 Å². The van der Waals surface area contributed by atoms with Gasteiger partial charge in [0.2, 0.25) is 5.91 Å². The topological polar surface area (TPSA) is 84.3 Å². The summed E-state index contributed by atoms with van der Waals surface area (Å²) >= 11 is 2.01. The maximum atomic E-state index is 11.8. The number of halogens is 1. The standard InChI is InChI=1S/C12H16IN3O3/c1-7(2)14-12(17)8(3)15-10-5-4-9(13)6-11(10)16(18)19/h4-8,15H,1-3H3,(H,14,17). The number of carbonyl (C=O) groups is 1. The summed E-state index contributed by atoms with van der Waals surface area (Å²) in [5.41, 5.74) is 0.313. The van der Waals surface area contributed by atoms with Crippen LogP contribution in [0.4, 0.5) is 11.4 Å². The van der Waals surface area contributed by atoms with Crippen molar-refractivity contribution >= 4 is 39.9 Å². The van der Waals surface area contributed by atoms with Crippen LogP contribution in [0.1, 0.15) is 20.8 Å². The van der Waals surface area contributed by atoms with Crippen molar-refractivity contribution in [2.75, 3.05) is 5.32 Å². The van der Waals surface area contributed by atoms with Crippen LogP contribution in [0.5, 0.6) is 0 Å². The number of nitrogens with one attached hydrogen (secondary N) is 2. The highest BCUT2D eigenvalue weighted by molar-refractivity contribution is 14.1. The van der Waals surface area contributed by atoms with Gasteiger partial charge in [0.25, 0.3) is 5.69 Å². The first-order valence-electron chi connectivity index (χ1n) is 5.82. The summed E-state index contributed by atoms with van der Waals surface area (Å²) in [6.07, 6.45) is 0. The Labute approximate surface area is 125 Å². The fourth-order valence-electron chi connectivity index (χ4n) is 1.49. The fraction of sp³-hybridized carbons (Fsp3) is 0.417. The second-order valence-electron chi connectivity index (χ2n) is 4.45. The molecule has 19 heavy (non-hydrogen) atoms. The smallest absolute Gasteiger partial charge is 0.293 e. The zero-order valence-corrected chi connectivity index (χ0v) is 13.1. The number of nitro groups is 1. The average molecular weight is 377 g/mol. The molecule has 1 aromatic carbocycles. The van der Waals surface area contributed by atoms with Gasteiger partial charge in [-0.3, -0.25) is 14.9 Å². The monoisotopic (exact) mass is 377 g/mol. The number of nitrogens with zero attached hydrogens (tertiary/aromatic N) is 1. The molecule has 0 spiro atoms. The van der Waals surface area contributed by atoms with Gasteiger partial charge >= 0.3 is 0 Å². The molecule has 0 bridgehead atoms. The summed E-state index contributed by atoms with van der Waals surface area (Å²) in [4.78, 5) is 22.3. The maximum Gasteiger partial charge on any atom is 0.293 e. The van der Waals surface area contributed by atoms with E-state index in [2.05, 4.69) is 10.6 Å². The van der Waals surface area contributed by atoms with E-state index in [-0.39, 0.29) is 17.6 Å². The summed E-state index contributed by atoms with van der Waals surface area (Å²) < 4.78 is 0.772. The zero-order chi connectivity index (χ0) is 14.6. The van der Waals surface area contributed by atoms with Crippen molar-refractivity contribution in [1.29, 1.82) is 0 Å². The Balaban J connectivity index is 2.87. The second kappa shape index (κ2) is 6.69. The van der Waals surface area contributed by atoms with Crippen molar-refractivity contribution in [3.63, 3.8) is 0 Å². The quantitative estimate of drug-likeness (QED) is 0.469. The zero-order valence-electron chi connectivity index (χ0n) is 10.9. The van der Waals surface area contributed by atoms with Crippen LogP contribution in [0.15, 0.2) is 18.2 Å². The molecule has 0 aliphatic heterocycles. The molecule has 2 N–H and O–H groups in total. The molecule has 0 aliphatic carbocycles. The molecular weight excluding hydrogens is 361 g/mol. The first kappa shape index (κ1) is 15.7. The predicted molar refractivity (Wildman–Crippen MR) is 82.2 cm³/mol. The summed E-state index contributed by atoms with van der Waals surface area (Å²) in [5, 5.41) is 16.6. The molecule has 0 heterocycles. The van der Waals surface area contributed by atoms with Gasteiger partial charge < -0.3 is 10.6 Å². The minimum absolute atomic E-state index is 0.0310. The van der Waals surface area contributed by atoms with Gasteiger partial charge in [-0.05, 0) is 55.5 Å². The van der Waals surface area contributed by atoms with Crippen LogP contribution in [-0.2, 0) is 4.79 Å². The Morgan fingerprint density at radius 3 is 2.53 bits per heavy atom. The van der Waals surface area contributed by atoms with Crippen molar-refractivity contribution in [3.05, 3.63) is 31.9 Å². The van der Waals surface area contributed by atoms with Crippen LogP contribution in [0.3, 0.4) is 0 Å². The molecule has 104 valence electrons. The lowest BCUT2D eigenvalue weighted by Crippen LogP contribution is -2.41. The van der Waals surface area contributed by atoms with E-state index in [1.807, 2.05) is 36.4 Å².